The van der Waals surface area contributed by atoms with Crippen LogP contribution in [-0.4, -0.2) is 48.0 Å². The molecule has 2 N–H and O–H groups in total. The normalized spacial score (nSPS) is 14.7. The molecule has 2 atom stereocenters. The van der Waals surface area contributed by atoms with Crippen molar-refractivity contribution in [3.8, 4) is 11.1 Å². The number of fused-ring (bicyclic) bond motifs is 1. The molecule has 5 rings (SSSR count). The number of alkyl halides is 2. The number of hydrogen-bond donors (Lipinski definition) is 2. The van der Waals surface area contributed by atoms with Gasteiger partial charge in [-0.15, -0.1) is 6.58 Å². The standard InChI is InChI=1S/C32H30ClF2N5O2S/c1-6-15-31(34,35)26-14-10-22(17-38-26)32(41,27-18-37-19-40(27)3)21-9-13-25-24(16-21)29(33)28(30(36-2)39-25)20-7-11-23(12-8-20)43(4,5)42/h6-14,16-19,41H,1,4,15H2,2-3,5H3,(H,36,39). The largest absolute Gasteiger partial charge is 0.374 e. The van der Waals surface area contributed by atoms with Crippen LogP contribution in [-0.2, 0) is 28.1 Å². The van der Waals surface area contributed by atoms with Gasteiger partial charge in [0, 0.05) is 54.4 Å². The molecule has 0 aliphatic heterocycles. The lowest BCUT2D eigenvalue weighted by Crippen LogP contribution is -2.31. The van der Waals surface area contributed by atoms with Gasteiger partial charge in [-0.05, 0) is 56.9 Å². The number of aliphatic hydroxyl groups is 1. The fraction of sp³-hybridized carbons (Fsp3) is 0.188. The van der Waals surface area contributed by atoms with Gasteiger partial charge in [-0.25, -0.2) is 9.97 Å². The quantitative estimate of drug-likeness (QED) is 0.147. The van der Waals surface area contributed by atoms with Crippen LogP contribution in [0.15, 0.2) is 90.9 Å². The lowest BCUT2D eigenvalue weighted by atomic mass is 9.83. The summed E-state index contributed by atoms with van der Waals surface area (Å²) in [5.41, 5.74) is 0.719. The van der Waals surface area contributed by atoms with Crippen LogP contribution in [0.4, 0.5) is 14.6 Å². The lowest BCUT2D eigenvalue weighted by Gasteiger charge is -2.30. The minimum absolute atomic E-state index is 0.261. The molecule has 222 valence electrons. The van der Waals surface area contributed by atoms with Gasteiger partial charge < -0.3 is 15.0 Å². The van der Waals surface area contributed by atoms with E-state index in [0.717, 1.165) is 11.6 Å². The van der Waals surface area contributed by atoms with Gasteiger partial charge in [0.2, 0.25) is 0 Å². The fourth-order valence-corrected chi connectivity index (χ4v) is 6.14. The van der Waals surface area contributed by atoms with Gasteiger partial charge in [-0.1, -0.05) is 41.9 Å². The fourth-order valence-electron chi connectivity index (χ4n) is 5.08. The topological polar surface area (TPSA) is 92.9 Å². The minimum Gasteiger partial charge on any atom is -0.374 e. The monoisotopic (exact) mass is 621 g/mol. The van der Waals surface area contributed by atoms with Crippen molar-refractivity contribution in [3.63, 3.8) is 0 Å². The molecular formula is C32H30ClF2N5O2S. The Morgan fingerprint density at radius 3 is 2.37 bits per heavy atom. The second-order valence-electron chi connectivity index (χ2n) is 10.4. The molecule has 2 aromatic carbocycles. The molecule has 0 radical (unpaired) electrons. The van der Waals surface area contributed by atoms with E-state index in [1.54, 1.807) is 55.3 Å². The van der Waals surface area contributed by atoms with Crippen molar-refractivity contribution in [1.82, 2.24) is 19.5 Å². The van der Waals surface area contributed by atoms with Gasteiger partial charge in [-0.3, -0.25) is 9.19 Å². The Morgan fingerprint density at radius 1 is 1.12 bits per heavy atom. The number of pyridine rings is 2. The lowest BCUT2D eigenvalue weighted by molar-refractivity contribution is -0.00560. The summed E-state index contributed by atoms with van der Waals surface area (Å²) in [5.74, 6) is 1.08. The van der Waals surface area contributed by atoms with Gasteiger partial charge in [0.1, 0.15) is 11.5 Å². The number of aromatic nitrogens is 4. The molecule has 3 heterocycles. The van der Waals surface area contributed by atoms with Crippen molar-refractivity contribution >= 4 is 43.7 Å². The number of allylic oxidation sites excluding steroid dienone is 1. The second kappa shape index (κ2) is 11.2. The first kappa shape index (κ1) is 30.3. The summed E-state index contributed by atoms with van der Waals surface area (Å²) in [6.07, 6.45) is 6.45. The maximum absolute atomic E-state index is 14.5. The molecule has 0 saturated heterocycles. The molecule has 43 heavy (non-hydrogen) atoms. The van der Waals surface area contributed by atoms with Crippen molar-refractivity contribution in [2.45, 2.75) is 22.8 Å². The molecule has 0 spiro atoms. The predicted octanol–water partition coefficient (Wildman–Crippen LogP) is 6.38. The van der Waals surface area contributed by atoms with Crippen LogP contribution in [0.2, 0.25) is 5.02 Å². The Hall–Kier alpha value is -4.12. The maximum Gasteiger partial charge on any atom is 0.293 e. The van der Waals surface area contributed by atoms with Crippen LogP contribution >= 0.6 is 11.6 Å². The maximum atomic E-state index is 14.5. The van der Waals surface area contributed by atoms with E-state index in [1.165, 1.54) is 30.9 Å². The number of halogens is 3. The van der Waals surface area contributed by atoms with Crippen LogP contribution in [0.3, 0.4) is 0 Å². The Balaban J connectivity index is 1.71. The smallest absolute Gasteiger partial charge is 0.293 e. The number of hydrogen-bond acceptors (Lipinski definition) is 6. The minimum atomic E-state index is -3.20. The molecule has 7 nitrogen and oxygen atoms in total. The van der Waals surface area contributed by atoms with Crippen LogP contribution in [0.1, 0.15) is 28.9 Å². The molecule has 0 saturated carbocycles. The number of aryl methyl sites for hydroxylation is 1. The van der Waals surface area contributed by atoms with Crippen LogP contribution in [0.5, 0.6) is 0 Å². The van der Waals surface area contributed by atoms with Crippen molar-refractivity contribution in [2.24, 2.45) is 7.05 Å². The summed E-state index contributed by atoms with van der Waals surface area (Å²) >= 11 is 7.06. The van der Waals surface area contributed by atoms with Gasteiger partial charge in [0.05, 0.1) is 28.8 Å². The molecule has 0 aliphatic carbocycles. The summed E-state index contributed by atoms with van der Waals surface area (Å²) in [6.45, 7) is 3.40. The first-order valence-electron chi connectivity index (χ1n) is 13.2. The Bertz CT molecular complexity index is 1940. The summed E-state index contributed by atoms with van der Waals surface area (Å²) < 4.78 is 43.1. The molecule has 11 heteroatoms. The highest BCUT2D eigenvalue weighted by Gasteiger charge is 2.39. The molecular weight excluding hydrogens is 592 g/mol. The zero-order chi connectivity index (χ0) is 31.2. The van der Waals surface area contributed by atoms with E-state index in [2.05, 4.69) is 27.7 Å². The van der Waals surface area contributed by atoms with E-state index in [1.807, 2.05) is 12.1 Å². The average molecular weight is 622 g/mol. The number of nitrogens with one attached hydrogen (secondary N) is 1. The molecule has 0 fully saturated rings. The van der Waals surface area contributed by atoms with Gasteiger partial charge in [0.15, 0.2) is 5.60 Å². The third-order valence-electron chi connectivity index (χ3n) is 7.36. The highest BCUT2D eigenvalue weighted by atomic mass is 35.5. The van der Waals surface area contributed by atoms with E-state index in [4.69, 9.17) is 16.6 Å². The van der Waals surface area contributed by atoms with E-state index in [-0.39, 0.29) is 5.56 Å². The molecule has 2 unspecified atom stereocenters. The Morgan fingerprint density at radius 2 is 1.81 bits per heavy atom. The third-order valence-corrected chi connectivity index (χ3v) is 9.02. The van der Waals surface area contributed by atoms with Crippen molar-refractivity contribution < 1.29 is 18.1 Å². The molecule has 5 aromatic rings. The van der Waals surface area contributed by atoms with Gasteiger partial charge in [0.25, 0.3) is 5.92 Å². The molecule has 0 amide bonds. The summed E-state index contributed by atoms with van der Waals surface area (Å²) in [5, 5.41) is 16.4. The predicted molar refractivity (Wildman–Crippen MR) is 169 cm³/mol. The zero-order valence-electron chi connectivity index (χ0n) is 23.8. The Labute approximate surface area is 253 Å². The number of imidazole rings is 1. The van der Waals surface area contributed by atoms with E-state index in [0.29, 0.717) is 43.5 Å². The van der Waals surface area contributed by atoms with Crippen molar-refractivity contribution in [2.75, 3.05) is 18.6 Å². The second-order valence-corrected chi connectivity index (χ2v) is 13.2. The van der Waals surface area contributed by atoms with Gasteiger partial charge in [-0.2, -0.15) is 8.78 Å². The summed E-state index contributed by atoms with van der Waals surface area (Å²) in [4.78, 5) is 13.6. The number of rotatable bonds is 9. The van der Waals surface area contributed by atoms with E-state index < -0.39 is 33.2 Å². The number of nitrogens with zero attached hydrogens (tertiary/aromatic N) is 4. The average Bonchev–Trinajstić information content (AvgIpc) is 3.42. The summed E-state index contributed by atoms with van der Waals surface area (Å²) in [6, 6.07) is 14.9. The van der Waals surface area contributed by atoms with E-state index in [9.17, 15) is 18.1 Å². The number of benzene rings is 2. The first-order valence-corrected chi connectivity index (χ1v) is 15.7. The zero-order valence-corrected chi connectivity index (χ0v) is 25.4. The molecule has 0 bridgehead atoms. The third kappa shape index (κ3) is 5.42. The highest BCUT2D eigenvalue weighted by molar-refractivity contribution is 7.99. The van der Waals surface area contributed by atoms with E-state index >= 15 is 0 Å². The van der Waals surface area contributed by atoms with Crippen LogP contribution < -0.4 is 5.32 Å². The van der Waals surface area contributed by atoms with Crippen molar-refractivity contribution in [1.29, 1.82) is 0 Å². The SMILES string of the molecule is C=CCC(F)(F)c1ccc(C(O)(c2ccc3nc(NC)c(-c4ccc(S(=C)(C)=O)cc4)c(Cl)c3c2)c2cncn2C)cn1. The van der Waals surface area contributed by atoms with Gasteiger partial charge >= 0.3 is 0 Å². The first-order chi connectivity index (χ1) is 20.3. The molecule has 0 aliphatic rings. The number of anilines is 1. The summed E-state index contributed by atoms with van der Waals surface area (Å²) in [7, 11) is 1.06. The van der Waals surface area contributed by atoms with Crippen LogP contribution in [0, 0.1) is 0 Å². The highest BCUT2D eigenvalue weighted by Crippen LogP contribution is 2.43. The Kier molecular flexibility index (Phi) is 7.89. The van der Waals surface area contributed by atoms with Crippen LogP contribution in [0.25, 0.3) is 22.0 Å². The molecule has 3 aromatic heterocycles. The van der Waals surface area contributed by atoms with Crippen molar-refractivity contribution in [3.05, 3.63) is 114 Å².